The third-order valence-corrected chi connectivity index (χ3v) is 5.84. The molecule has 1 aliphatic heterocycles. The van der Waals surface area contributed by atoms with Crippen LogP contribution in [0.4, 0.5) is 4.39 Å². The van der Waals surface area contributed by atoms with E-state index in [1.54, 1.807) is 24.0 Å². The Hall–Kier alpha value is -3.12. The second-order valence-electron chi connectivity index (χ2n) is 7.12. The molecule has 146 valence electrons. The summed E-state index contributed by atoms with van der Waals surface area (Å²) in [5.41, 5.74) is 3.56. The van der Waals surface area contributed by atoms with E-state index in [0.717, 1.165) is 22.2 Å². The van der Waals surface area contributed by atoms with Crippen LogP contribution in [0.2, 0.25) is 5.02 Å². The van der Waals surface area contributed by atoms with E-state index < -0.39 is 11.9 Å². The highest BCUT2D eigenvalue weighted by atomic mass is 35.5. The van der Waals surface area contributed by atoms with Crippen molar-refractivity contribution in [3.05, 3.63) is 88.0 Å². The van der Waals surface area contributed by atoms with Crippen molar-refractivity contribution >= 4 is 28.4 Å². The number of fused-ring (bicyclic) bond motifs is 3. The number of aromatic nitrogens is 2. The summed E-state index contributed by atoms with van der Waals surface area (Å²) in [4.78, 5) is 22.4. The molecule has 2 aromatic heterocycles. The summed E-state index contributed by atoms with van der Waals surface area (Å²) in [6.45, 7) is 2.11. The zero-order chi connectivity index (χ0) is 20.1. The van der Waals surface area contributed by atoms with Gasteiger partial charge in [-0.05, 0) is 37.1 Å². The summed E-state index contributed by atoms with van der Waals surface area (Å²) in [5.74, 6) is -0.642. The molecule has 3 heterocycles. The summed E-state index contributed by atoms with van der Waals surface area (Å²) >= 11 is 6.43. The van der Waals surface area contributed by atoms with Gasteiger partial charge in [0.2, 0.25) is 5.76 Å². The van der Waals surface area contributed by atoms with E-state index in [0.29, 0.717) is 18.7 Å². The molecule has 2 aromatic carbocycles. The topological polar surface area (TPSA) is 62.1 Å². The maximum Gasteiger partial charge on any atom is 0.292 e. The average molecular weight is 410 g/mol. The first-order valence-electron chi connectivity index (χ1n) is 9.30. The Labute approximate surface area is 171 Å². The zero-order valence-electron chi connectivity index (χ0n) is 15.6. The van der Waals surface area contributed by atoms with E-state index in [1.807, 2.05) is 24.3 Å². The van der Waals surface area contributed by atoms with Gasteiger partial charge in [0.15, 0.2) is 6.39 Å². The number of H-pyrrole nitrogens is 1. The Morgan fingerprint density at radius 3 is 2.86 bits per heavy atom. The van der Waals surface area contributed by atoms with E-state index in [2.05, 4.69) is 9.97 Å². The fraction of sp³-hybridized carbons (Fsp3) is 0.182. The molecular formula is C22H17ClFN3O2. The van der Waals surface area contributed by atoms with Crippen LogP contribution in [0.5, 0.6) is 0 Å². The fourth-order valence-corrected chi connectivity index (χ4v) is 4.44. The van der Waals surface area contributed by atoms with Crippen LogP contribution in [0.25, 0.3) is 10.9 Å². The fourth-order valence-electron chi connectivity index (χ4n) is 4.17. The predicted octanol–water partition coefficient (Wildman–Crippen LogP) is 5.04. The SMILES string of the molecule is Cc1ncoc1C(=O)N1CCc2c([nH]c3ccccc23)[C@@H]1c1c(F)cccc1Cl. The third-order valence-electron chi connectivity index (χ3n) is 5.51. The number of hydrogen-bond donors (Lipinski definition) is 1. The molecule has 0 spiro atoms. The van der Waals surface area contributed by atoms with Crippen molar-refractivity contribution in [3.63, 3.8) is 0 Å². The van der Waals surface area contributed by atoms with Gasteiger partial charge in [-0.1, -0.05) is 35.9 Å². The first-order valence-corrected chi connectivity index (χ1v) is 9.68. The van der Waals surface area contributed by atoms with Crippen LogP contribution in [-0.4, -0.2) is 27.3 Å². The second kappa shape index (κ2) is 6.74. The average Bonchev–Trinajstić information content (AvgIpc) is 3.31. The van der Waals surface area contributed by atoms with Crippen molar-refractivity contribution in [2.24, 2.45) is 0 Å². The number of amides is 1. The number of carbonyl (C=O) groups excluding carboxylic acids is 1. The minimum absolute atomic E-state index is 0.155. The molecule has 4 aromatic rings. The number of aryl methyl sites for hydroxylation is 1. The molecule has 1 atom stereocenters. The highest BCUT2D eigenvalue weighted by molar-refractivity contribution is 6.31. The van der Waals surface area contributed by atoms with Gasteiger partial charge in [-0.15, -0.1) is 0 Å². The van der Waals surface area contributed by atoms with Crippen LogP contribution in [0.15, 0.2) is 53.3 Å². The molecule has 0 fully saturated rings. The van der Waals surface area contributed by atoms with Gasteiger partial charge in [0.25, 0.3) is 5.91 Å². The molecule has 0 radical (unpaired) electrons. The van der Waals surface area contributed by atoms with Gasteiger partial charge in [-0.3, -0.25) is 4.79 Å². The van der Waals surface area contributed by atoms with Gasteiger partial charge in [0, 0.05) is 33.7 Å². The smallest absolute Gasteiger partial charge is 0.292 e. The van der Waals surface area contributed by atoms with Crippen molar-refractivity contribution in [3.8, 4) is 0 Å². The first-order chi connectivity index (χ1) is 14.1. The lowest BCUT2D eigenvalue weighted by Crippen LogP contribution is -2.41. The molecule has 5 rings (SSSR count). The predicted molar refractivity (Wildman–Crippen MR) is 108 cm³/mol. The van der Waals surface area contributed by atoms with Crippen molar-refractivity contribution in [1.82, 2.24) is 14.9 Å². The largest absolute Gasteiger partial charge is 0.438 e. The second-order valence-corrected chi connectivity index (χ2v) is 7.52. The molecule has 0 bridgehead atoms. The normalized spacial score (nSPS) is 16.2. The van der Waals surface area contributed by atoms with E-state index in [1.165, 1.54) is 12.5 Å². The van der Waals surface area contributed by atoms with Gasteiger partial charge in [0.05, 0.1) is 5.69 Å². The number of hydrogen-bond acceptors (Lipinski definition) is 3. The summed E-state index contributed by atoms with van der Waals surface area (Å²) in [7, 11) is 0. The Morgan fingerprint density at radius 1 is 1.28 bits per heavy atom. The Kier molecular flexibility index (Phi) is 4.17. The summed E-state index contributed by atoms with van der Waals surface area (Å²) < 4.78 is 20.3. The summed E-state index contributed by atoms with van der Waals surface area (Å²) in [6.07, 6.45) is 1.88. The van der Waals surface area contributed by atoms with Gasteiger partial charge >= 0.3 is 0 Å². The highest BCUT2D eigenvalue weighted by Gasteiger charge is 2.38. The minimum Gasteiger partial charge on any atom is -0.438 e. The number of halogens is 2. The molecule has 29 heavy (non-hydrogen) atoms. The first kappa shape index (κ1) is 17.9. The number of para-hydroxylation sites is 1. The van der Waals surface area contributed by atoms with Crippen molar-refractivity contribution in [1.29, 1.82) is 0 Å². The summed E-state index contributed by atoms with van der Waals surface area (Å²) in [5, 5.41) is 1.34. The number of benzene rings is 2. The van der Waals surface area contributed by atoms with Crippen LogP contribution in [0.3, 0.4) is 0 Å². The van der Waals surface area contributed by atoms with Crippen LogP contribution < -0.4 is 0 Å². The molecule has 1 N–H and O–H groups in total. The monoisotopic (exact) mass is 409 g/mol. The number of aromatic amines is 1. The van der Waals surface area contributed by atoms with E-state index in [-0.39, 0.29) is 22.3 Å². The lowest BCUT2D eigenvalue weighted by atomic mass is 9.91. The van der Waals surface area contributed by atoms with Gasteiger partial charge in [-0.2, -0.15) is 0 Å². The Morgan fingerprint density at radius 2 is 2.10 bits per heavy atom. The molecule has 1 amide bonds. The quantitative estimate of drug-likeness (QED) is 0.504. The maximum atomic E-state index is 15.0. The van der Waals surface area contributed by atoms with E-state index in [4.69, 9.17) is 16.0 Å². The van der Waals surface area contributed by atoms with Crippen molar-refractivity contribution < 1.29 is 13.6 Å². The van der Waals surface area contributed by atoms with Crippen molar-refractivity contribution in [2.45, 2.75) is 19.4 Å². The molecule has 1 aliphatic rings. The van der Waals surface area contributed by atoms with Gasteiger partial charge in [0.1, 0.15) is 11.9 Å². The van der Waals surface area contributed by atoms with Gasteiger partial charge < -0.3 is 14.3 Å². The molecule has 0 saturated carbocycles. The van der Waals surface area contributed by atoms with E-state index >= 15 is 0 Å². The summed E-state index contributed by atoms with van der Waals surface area (Å²) in [6, 6.07) is 11.8. The highest BCUT2D eigenvalue weighted by Crippen LogP contribution is 2.42. The maximum absolute atomic E-state index is 15.0. The van der Waals surface area contributed by atoms with Crippen LogP contribution in [-0.2, 0) is 6.42 Å². The number of nitrogens with zero attached hydrogens (tertiary/aromatic N) is 2. The number of nitrogens with one attached hydrogen (secondary N) is 1. The van der Waals surface area contributed by atoms with Gasteiger partial charge in [-0.25, -0.2) is 9.37 Å². The lowest BCUT2D eigenvalue weighted by molar-refractivity contribution is 0.0656. The van der Waals surface area contributed by atoms with Crippen LogP contribution in [0.1, 0.15) is 39.1 Å². The number of carbonyl (C=O) groups is 1. The molecule has 5 nitrogen and oxygen atoms in total. The van der Waals surface area contributed by atoms with Crippen molar-refractivity contribution in [2.75, 3.05) is 6.54 Å². The molecule has 7 heteroatoms. The lowest BCUT2D eigenvalue weighted by Gasteiger charge is -2.36. The Balaban J connectivity index is 1.74. The third kappa shape index (κ3) is 2.75. The van der Waals surface area contributed by atoms with Crippen LogP contribution >= 0.6 is 11.6 Å². The minimum atomic E-state index is -0.697. The Bertz CT molecular complexity index is 1230. The van der Waals surface area contributed by atoms with E-state index in [9.17, 15) is 9.18 Å². The number of rotatable bonds is 2. The standard InChI is InChI=1S/C22H17ClFN3O2/c1-12-21(29-11-25-12)22(28)27-10-9-14-13-5-2-3-8-17(13)26-19(14)20(27)18-15(23)6-4-7-16(18)24/h2-8,11,20,26H,9-10H2,1H3/t20-/m0/s1. The molecule has 0 aliphatic carbocycles. The zero-order valence-corrected chi connectivity index (χ0v) is 16.3. The molecule has 0 saturated heterocycles. The molecule has 0 unspecified atom stereocenters. The van der Waals surface area contributed by atoms with Crippen LogP contribution in [0, 0.1) is 12.7 Å². The number of oxazole rings is 1. The molecular weight excluding hydrogens is 393 g/mol.